The smallest absolute Gasteiger partial charge is 0.274 e. The van der Waals surface area contributed by atoms with Crippen LogP contribution in [-0.2, 0) is 6.42 Å². The van der Waals surface area contributed by atoms with Crippen molar-refractivity contribution < 1.29 is 18.9 Å². The molecule has 0 aliphatic rings. The summed E-state index contributed by atoms with van der Waals surface area (Å²) in [6.07, 6.45) is 1.84. The Labute approximate surface area is 178 Å². The van der Waals surface area contributed by atoms with Gasteiger partial charge < -0.3 is 18.9 Å². The third-order valence-electron chi connectivity index (χ3n) is 4.38. The maximum atomic E-state index is 12.4. The predicted molar refractivity (Wildman–Crippen MR) is 116 cm³/mol. The van der Waals surface area contributed by atoms with Gasteiger partial charge in [0.25, 0.3) is 5.56 Å². The van der Waals surface area contributed by atoms with Crippen molar-refractivity contribution >= 4 is 12.2 Å². The van der Waals surface area contributed by atoms with E-state index in [0.717, 1.165) is 11.1 Å². The maximum absolute atomic E-state index is 12.4. The van der Waals surface area contributed by atoms with Gasteiger partial charge in [-0.05, 0) is 41.5 Å². The number of anilines is 1. The van der Waals surface area contributed by atoms with Crippen molar-refractivity contribution in [3.63, 3.8) is 0 Å². The molecule has 0 aliphatic carbocycles. The van der Waals surface area contributed by atoms with E-state index in [4.69, 9.17) is 18.9 Å². The van der Waals surface area contributed by atoms with E-state index in [1.807, 2.05) is 12.1 Å². The van der Waals surface area contributed by atoms with Crippen molar-refractivity contribution in [2.75, 3.05) is 33.9 Å². The first-order chi connectivity index (χ1) is 15.1. The second-order valence-corrected chi connectivity index (χ2v) is 6.30. The summed E-state index contributed by atoms with van der Waals surface area (Å²) in [6, 6.07) is 10.7. The summed E-state index contributed by atoms with van der Waals surface area (Å²) in [6.45, 7) is 0. The molecular formula is C21H23N5O5. The first-order valence-corrected chi connectivity index (χ1v) is 9.25. The van der Waals surface area contributed by atoms with Crippen LogP contribution in [0.4, 0.5) is 5.95 Å². The molecule has 0 bridgehead atoms. The van der Waals surface area contributed by atoms with Crippen LogP contribution in [0.1, 0.15) is 16.8 Å². The number of rotatable bonds is 9. The summed E-state index contributed by atoms with van der Waals surface area (Å²) < 4.78 is 21.0. The van der Waals surface area contributed by atoms with Crippen LogP contribution in [0.3, 0.4) is 0 Å². The molecule has 3 rings (SSSR count). The third kappa shape index (κ3) is 5.30. The van der Waals surface area contributed by atoms with Crippen molar-refractivity contribution in [2.24, 2.45) is 5.10 Å². The van der Waals surface area contributed by atoms with Gasteiger partial charge in [-0.2, -0.15) is 5.10 Å². The van der Waals surface area contributed by atoms with Gasteiger partial charge in [0, 0.05) is 6.42 Å². The molecule has 2 aromatic carbocycles. The number of nitrogens with one attached hydrogen (secondary N) is 2. The number of hydrogen-bond donors (Lipinski definition) is 2. The van der Waals surface area contributed by atoms with Crippen LogP contribution >= 0.6 is 0 Å². The minimum absolute atomic E-state index is 0.123. The number of H-pyrrole nitrogens is 1. The zero-order chi connectivity index (χ0) is 22.2. The fourth-order valence-corrected chi connectivity index (χ4v) is 2.81. The summed E-state index contributed by atoms with van der Waals surface area (Å²) in [4.78, 5) is 15.0. The lowest BCUT2D eigenvalue weighted by molar-refractivity contribution is 0.354. The molecule has 3 aromatic rings. The minimum Gasteiger partial charge on any atom is -0.493 e. The Balaban J connectivity index is 1.68. The van der Waals surface area contributed by atoms with Crippen molar-refractivity contribution in [3.05, 3.63) is 63.6 Å². The van der Waals surface area contributed by atoms with Crippen LogP contribution in [0.15, 0.2) is 46.3 Å². The zero-order valence-corrected chi connectivity index (χ0v) is 17.6. The van der Waals surface area contributed by atoms with Gasteiger partial charge in [-0.15, -0.1) is 10.2 Å². The normalized spacial score (nSPS) is 10.7. The molecule has 0 saturated carbocycles. The lowest BCUT2D eigenvalue weighted by Gasteiger charge is -2.09. The SMILES string of the molecule is COc1ccc(/C=N\Nc2nnc(Cc3ccc(OC)c(OC)c3)c(=O)[nH]2)cc1OC. The van der Waals surface area contributed by atoms with Gasteiger partial charge in [-0.3, -0.25) is 9.78 Å². The minimum atomic E-state index is -0.367. The van der Waals surface area contributed by atoms with Gasteiger partial charge in [-0.25, -0.2) is 5.43 Å². The summed E-state index contributed by atoms with van der Waals surface area (Å²) in [5.74, 6) is 2.51. The molecule has 162 valence electrons. The highest BCUT2D eigenvalue weighted by atomic mass is 16.5. The molecule has 2 N–H and O–H groups in total. The van der Waals surface area contributed by atoms with Crippen LogP contribution in [-0.4, -0.2) is 49.8 Å². The molecule has 0 spiro atoms. The average molecular weight is 425 g/mol. The highest BCUT2D eigenvalue weighted by Gasteiger charge is 2.09. The van der Waals surface area contributed by atoms with Crippen LogP contribution < -0.4 is 29.9 Å². The number of aromatic nitrogens is 3. The van der Waals surface area contributed by atoms with Gasteiger partial charge in [0.05, 0.1) is 34.7 Å². The Kier molecular flexibility index (Phi) is 7.05. The van der Waals surface area contributed by atoms with E-state index in [2.05, 4.69) is 25.7 Å². The maximum Gasteiger partial charge on any atom is 0.274 e. The van der Waals surface area contributed by atoms with E-state index in [9.17, 15) is 4.79 Å². The summed E-state index contributed by atoms with van der Waals surface area (Å²) in [5.41, 5.74) is 4.16. The molecule has 1 heterocycles. The number of methoxy groups -OCH3 is 4. The molecule has 0 radical (unpaired) electrons. The first kappa shape index (κ1) is 21.6. The fraction of sp³-hybridized carbons (Fsp3) is 0.238. The van der Waals surface area contributed by atoms with Crippen LogP contribution in [0, 0.1) is 0 Å². The van der Waals surface area contributed by atoms with E-state index < -0.39 is 0 Å². The monoisotopic (exact) mass is 425 g/mol. The largest absolute Gasteiger partial charge is 0.493 e. The quantitative estimate of drug-likeness (QED) is 0.396. The van der Waals surface area contributed by atoms with E-state index in [-0.39, 0.29) is 23.6 Å². The fourth-order valence-electron chi connectivity index (χ4n) is 2.81. The van der Waals surface area contributed by atoms with Gasteiger partial charge in [0.15, 0.2) is 23.0 Å². The second-order valence-electron chi connectivity index (χ2n) is 6.30. The number of benzene rings is 2. The van der Waals surface area contributed by atoms with Gasteiger partial charge in [0.2, 0.25) is 5.95 Å². The molecule has 0 saturated heterocycles. The molecule has 0 amide bonds. The number of aromatic amines is 1. The molecule has 0 atom stereocenters. The Morgan fingerprint density at radius 2 is 1.55 bits per heavy atom. The van der Waals surface area contributed by atoms with E-state index in [1.165, 1.54) is 0 Å². The number of ether oxygens (including phenoxy) is 4. The van der Waals surface area contributed by atoms with Crippen molar-refractivity contribution in [3.8, 4) is 23.0 Å². The Hall–Kier alpha value is -4.08. The molecule has 10 nitrogen and oxygen atoms in total. The van der Waals surface area contributed by atoms with E-state index in [0.29, 0.717) is 23.0 Å². The van der Waals surface area contributed by atoms with Crippen molar-refractivity contribution in [1.82, 2.24) is 15.2 Å². The number of hydrogen-bond acceptors (Lipinski definition) is 9. The van der Waals surface area contributed by atoms with E-state index in [1.54, 1.807) is 58.9 Å². The lowest BCUT2D eigenvalue weighted by Crippen LogP contribution is -2.18. The molecule has 31 heavy (non-hydrogen) atoms. The van der Waals surface area contributed by atoms with Crippen LogP contribution in [0.2, 0.25) is 0 Å². The Morgan fingerprint density at radius 1 is 0.903 bits per heavy atom. The summed E-state index contributed by atoms with van der Waals surface area (Å²) >= 11 is 0. The Morgan fingerprint density at radius 3 is 2.19 bits per heavy atom. The summed E-state index contributed by atoms with van der Waals surface area (Å²) in [5, 5.41) is 12.0. The standard InChI is InChI=1S/C21H23N5O5/c1-28-16-7-5-13(10-18(16)30-3)9-15-20(27)23-21(26-24-15)25-22-12-14-6-8-17(29-2)19(11-14)31-4/h5-8,10-12H,9H2,1-4H3,(H2,23,25,26,27)/b22-12-. The molecule has 1 aromatic heterocycles. The van der Waals surface area contributed by atoms with Crippen molar-refractivity contribution in [1.29, 1.82) is 0 Å². The number of hydrazone groups is 1. The predicted octanol–water partition coefficient (Wildman–Crippen LogP) is 2.24. The second kappa shape index (κ2) is 10.1. The highest BCUT2D eigenvalue weighted by Crippen LogP contribution is 2.28. The first-order valence-electron chi connectivity index (χ1n) is 9.25. The summed E-state index contributed by atoms with van der Waals surface area (Å²) in [7, 11) is 6.24. The van der Waals surface area contributed by atoms with Crippen molar-refractivity contribution in [2.45, 2.75) is 6.42 Å². The van der Waals surface area contributed by atoms with Gasteiger partial charge in [0.1, 0.15) is 5.69 Å². The molecule has 0 fully saturated rings. The van der Waals surface area contributed by atoms with Gasteiger partial charge in [-0.1, -0.05) is 6.07 Å². The molecule has 0 aliphatic heterocycles. The third-order valence-corrected chi connectivity index (χ3v) is 4.38. The number of nitrogens with zero attached hydrogens (tertiary/aromatic N) is 3. The molecular weight excluding hydrogens is 402 g/mol. The van der Waals surface area contributed by atoms with E-state index >= 15 is 0 Å². The topological polar surface area (TPSA) is 120 Å². The van der Waals surface area contributed by atoms with Gasteiger partial charge >= 0.3 is 0 Å². The van der Waals surface area contributed by atoms with Crippen LogP contribution in [0.5, 0.6) is 23.0 Å². The molecule has 0 unspecified atom stereocenters. The highest BCUT2D eigenvalue weighted by molar-refractivity contribution is 5.81. The van der Waals surface area contributed by atoms with Crippen LogP contribution in [0.25, 0.3) is 0 Å². The Bertz CT molecular complexity index is 1130. The zero-order valence-electron chi connectivity index (χ0n) is 17.6. The lowest BCUT2D eigenvalue weighted by atomic mass is 10.1. The average Bonchev–Trinajstić information content (AvgIpc) is 2.80. The molecule has 10 heteroatoms.